The SMILES string of the molecule is COc1nc(C2CCC(C(F)(F)F)CC2)oc1COc1ccc(C2=NC(C=O)ON2)c(Cl)c1. The van der Waals surface area contributed by atoms with Crippen molar-refractivity contribution in [1.29, 1.82) is 0 Å². The third-order valence-electron chi connectivity index (χ3n) is 5.63. The summed E-state index contributed by atoms with van der Waals surface area (Å²) in [6, 6.07) is 4.88. The van der Waals surface area contributed by atoms with Gasteiger partial charge in [0.05, 0.1) is 18.1 Å². The van der Waals surface area contributed by atoms with Crippen molar-refractivity contribution in [1.82, 2.24) is 10.5 Å². The zero-order valence-corrected chi connectivity index (χ0v) is 18.3. The number of benzene rings is 1. The van der Waals surface area contributed by atoms with E-state index in [9.17, 15) is 18.0 Å². The number of hydroxylamine groups is 1. The maximum Gasteiger partial charge on any atom is 0.391 e. The zero-order chi connectivity index (χ0) is 23.6. The summed E-state index contributed by atoms with van der Waals surface area (Å²) >= 11 is 6.30. The minimum Gasteiger partial charge on any atom is -0.485 e. The van der Waals surface area contributed by atoms with Crippen molar-refractivity contribution in [2.75, 3.05) is 7.11 Å². The molecule has 0 saturated heterocycles. The number of aliphatic imine (C=N–C) groups is 1. The van der Waals surface area contributed by atoms with E-state index < -0.39 is 18.3 Å². The molecule has 33 heavy (non-hydrogen) atoms. The van der Waals surface area contributed by atoms with E-state index in [0.717, 1.165) is 0 Å². The number of methoxy groups -OCH3 is 1. The summed E-state index contributed by atoms with van der Waals surface area (Å²) < 4.78 is 55.5. The molecule has 0 radical (unpaired) electrons. The average Bonchev–Trinajstić information content (AvgIpc) is 3.44. The molecule has 2 aromatic rings. The number of ether oxygens (including phenoxy) is 2. The third-order valence-corrected chi connectivity index (χ3v) is 5.94. The van der Waals surface area contributed by atoms with Gasteiger partial charge < -0.3 is 13.9 Å². The van der Waals surface area contributed by atoms with E-state index in [2.05, 4.69) is 15.5 Å². The molecule has 0 bridgehead atoms. The predicted molar refractivity (Wildman–Crippen MR) is 110 cm³/mol. The highest BCUT2D eigenvalue weighted by atomic mass is 35.5. The first-order chi connectivity index (χ1) is 15.8. The Balaban J connectivity index is 1.40. The van der Waals surface area contributed by atoms with Crippen molar-refractivity contribution in [2.45, 2.75) is 50.6 Å². The molecule has 1 unspecified atom stereocenters. The molecule has 1 fully saturated rings. The Morgan fingerprint density at radius 1 is 1.27 bits per heavy atom. The first-order valence-corrected chi connectivity index (χ1v) is 10.6. The van der Waals surface area contributed by atoms with Crippen LogP contribution in [0.3, 0.4) is 0 Å². The van der Waals surface area contributed by atoms with Crippen LogP contribution in [-0.4, -0.2) is 36.6 Å². The van der Waals surface area contributed by atoms with Crippen LogP contribution in [0.25, 0.3) is 0 Å². The number of hydrogen-bond donors (Lipinski definition) is 1. The van der Waals surface area contributed by atoms with E-state index in [0.29, 0.717) is 52.9 Å². The molecular weight excluding hydrogens is 467 g/mol. The monoisotopic (exact) mass is 487 g/mol. The van der Waals surface area contributed by atoms with Gasteiger partial charge >= 0.3 is 6.18 Å². The van der Waals surface area contributed by atoms with Gasteiger partial charge in [-0.15, -0.1) is 0 Å². The highest BCUT2D eigenvalue weighted by Crippen LogP contribution is 2.43. The van der Waals surface area contributed by atoms with Gasteiger partial charge in [-0.25, -0.2) is 15.3 Å². The summed E-state index contributed by atoms with van der Waals surface area (Å²) in [6.45, 7) is -0.0146. The van der Waals surface area contributed by atoms with Crippen LogP contribution in [-0.2, 0) is 16.2 Å². The number of aldehydes is 1. The first-order valence-electron chi connectivity index (χ1n) is 10.3. The van der Waals surface area contributed by atoms with Crippen molar-refractivity contribution in [3.05, 3.63) is 40.4 Å². The van der Waals surface area contributed by atoms with Gasteiger partial charge in [0.15, 0.2) is 18.7 Å². The van der Waals surface area contributed by atoms with E-state index in [-0.39, 0.29) is 31.2 Å². The van der Waals surface area contributed by atoms with Crippen molar-refractivity contribution in [3.8, 4) is 11.6 Å². The molecule has 1 aromatic heterocycles. The van der Waals surface area contributed by atoms with Crippen molar-refractivity contribution in [3.63, 3.8) is 0 Å². The molecule has 4 rings (SSSR count). The van der Waals surface area contributed by atoms with Gasteiger partial charge in [-0.05, 0) is 43.9 Å². The summed E-state index contributed by atoms with van der Waals surface area (Å²) in [5.41, 5.74) is 3.07. The van der Waals surface area contributed by atoms with Gasteiger partial charge in [0.1, 0.15) is 5.75 Å². The Kier molecular flexibility index (Phi) is 6.80. The predicted octanol–water partition coefficient (Wildman–Crippen LogP) is 4.56. The molecule has 1 N–H and O–H groups in total. The standard InChI is InChI=1S/C21H21ClF3N3O5/c1-30-20-16(32-19(27-20)11-2-4-12(5-3-11)21(23,24)25)10-31-13-6-7-14(15(22)8-13)18-26-17(9-29)33-28-18/h6-9,11-12,17H,2-5,10H2,1H3,(H,26,28). The van der Waals surface area contributed by atoms with Gasteiger partial charge in [-0.2, -0.15) is 18.2 Å². The summed E-state index contributed by atoms with van der Waals surface area (Å²) in [5.74, 6) is 0.197. The molecular formula is C21H21ClF3N3O5. The Labute approximate surface area is 192 Å². The van der Waals surface area contributed by atoms with Crippen molar-refractivity contribution < 1.29 is 36.7 Å². The lowest BCUT2D eigenvalue weighted by molar-refractivity contribution is -0.182. The van der Waals surface area contributed by atoms with Crippen molar-refractivity contribution in [2.24, 2.45) is 10.9 Å². The molecule has 8 nitrogen and oxygen atoms in total. The molecule has 1 atom stereocenters. The van der Waals surface area contributed by atoms with Crippen LogP contribution in [0.1, 0.15) is 48.8 Å². The number of halogens is 4. The summed E-state index contributed by atoms with van der Waals surface area (Å²) in [5, 5.41) is 0.320. The lowest BCUT2D eigenvalue weighted by Gasteiger charge is -2.28. The largest absolute Gasteiger partial charge is 0.485 e. The average molecular weight is 488 g/mol. The second-order valence-corrected chi connectivity index (χ2v) is 8.14. The van der Waals surface area contributed by atoms with Gasteiger partial charge in [-0.1, -0.05) is 11.6 Å². The van der Waals surface area contributed by atoms with Gasteiger partial charge in [0, 0.05) is 11.5 Å². The summed E-state index contributed by atoms with van der Waals surface area (Å²) in [7, 11) is 1.43. The number of hydrogen-bond acceptors (Lipinski definition) is 8. The summed E-state index contributed by atoms with van der Waals surface area (Å²) in [4.78, 5) is 24.1. The Hall–Kier alpha value is -2.79. The van der Waals surface area contributed by atoms with Crippen LogP contribution in [0, 0.1) is 5.92 Å². The normalized spacial score (nSPS) is 23.1. The van der Waals surface area contributed by atoms with Crippen LogP contribution in [0.15, 0.2) is 27.6 Å². The lowest BCUT2D eigenvalue weighted by atomic mass is 9.81. The Morgan fingerprint density at radius 2 is 2.03 bits per heavy atom. The van der Waals surface area contributed by atoms with Crippen LogP contribution >= 0.6 is 11.6 Å². The fourth-order valence-corrected chi connectivity index (χ4v) is 4.11. The number of rotatable bonds is 7. The van der Waals surface area contributed by atoms with E-state index >= 15 is 0 Å². The zero-order valence-electron chi connectivity index (χ0n) is 17.5. The molecule has 2 aliphatic rings. The molecule has 12 heteroatoms. The van der Waals surface area contributed by atoms with E-state index in [1.807, 2.05) is 0 Å². The maximum absolute atomic E-state index is 12.9. The van der Waals surface area contributed by atoms with Gasteiger partial charge in [0.25, 0.3) is 5.88 Å². The topological polar surface area (TPSA) is 95.2 Å². The van der Waals surface area contributed by atoms with Gasteiger partial charge in [0.2, 0.25) is 17.9 Å². The van der Waals surface area contributed by atoms with Gasteiger partial charge in [-0.3, -0.25) is 4.79 Å². The fraction of sp³-hybridized carbons (Fsp3) is 0.476. The van der Waals surface area contributed by atoms with Crippen molar-refractivity contribution >= 4 is 23.7 Å². The molecule has 0 spiro atoms. The maximum atomic E-state index is 12.9. The number of oxazole rings is 1. The number of alkyl halides is 3. The van der Waals surface area contributed by atoms with E-state index in [1.165, 1.54) is 7.11 Å². The van der Waals surface area contributed by atoms with E-state index in [4.69, 9.17) is 30.3 Å². The molecule has 0 amide bonds. The number of carbonyl (C=O) groups is 1. The highest BCUT2D eigenvalue weighted by molar-refractivity contribution is 6.34. The second kappa shape index (κ2) is 9.60. The van der Waals surface area contributed by atoms with E-state index in [1.54, 1.807) is 18.2 Å². The highest BCUT2D eigenvalue weighted by Gasteiger charge is 2.42. The Morgan fingerprint density at radius 3 is 2.64 bits per heavy atom. The third kappa shape index (κ3) is 5.25. The van der Waals surface area contributed by atoms with Crippen LogP contribution in [0.4, 0.5) is 13.2 Å². The molecule has 178 valence electrons. The number of amidine groups is 1. The second-order valence-electron chi connectivity index (χ2n) is 7.73. The van der Waals surface area contributed by atoms with Crippen LogP contribution < -0.4 is 15.0 Å². The lowest BCUT2D eigenvalue weighted by Crippen LogP contribution is -2.27. The number of nitrogens with zero attached hydrogens (tertiary/aromatic N) is 2. The molecule has 1 saturated carbocycles. The number of nitrogens with one attached hydrogen (secondary N) is 1. The molecule has 1 aromatic carbocycles. The minimum atomic E-state index is -4.17. The quantitative estimate of drug-likeness (QED) is 0.572. The Bertz CT molecular complexity index is 1030. The van der Waals surface area contributed by atoms with Crippen LogP contribution in [0.2, 0.25) is 5.02 Å². The first kappa shape index (κ1) is 23.4. The minimum absolute atomic E-state index is 0.0146. The number of carbonyl (C=O) groups excluding carboxylic acids is 1. The molecule has 2 heterocycles. The fourth-order valence-electron chi connectivity index (χ4n) is 3.85. The smallest absolute Gasteiger partial charge is 0.391 e. The number of aromatic nitrogens is 1. The molecule has 1 aliphatic heterocycles. The summed E-state index contributed by atoms with van der Waals surface area (Å²) in [6.07, 6.45) is -3.76. The molecule has 1 aliphatic carbocycles. The van der Waals surface area contributed by atoms with Crippen LogP contribution in [0.5, 0.6) is 11.6 Å².